The Morgan fingerprint density at radius 1 is 1.17 bits per heavy atom. The van der Waals surface area contributed by atoms with Gasteiger partial charge in [-0.05, 0) is 64.2 Å². The zero-order chi connectivity index (χ0) is 17.1. The van der Waals surface area contributed by atoms with Crippen molar-refractivity contribution in [3.8, 4) is 0 Å². The van der Waals surface area contributed by atoms with Crippen LogP contribution in [0.1, 0.15) is 48.9 Å². The van der Waals surface area contributed by atoms with Crippen LogP contribution in [0.4, 0.5) is 0 Å². The normalized spacial score (nSPS) is 20.7. The highest BCUT2D eigenvalue weighted by molar-refractivity contribution is 5.87. The Balaban J connectivity index is 2.20. The first-order valence-corrected chi connectivity index (χ1v) is 8.39. The number of carbonyl (C=O) groups excluding carboxylic acids is 2. The summed E-state index contributed by atoms with van der Waals surface area (Å²) in [7, 11) is 0. The lowest BCUT2D eigenvalue weighted by Crippen LogP contribution is -2.45. The van der Waals surface area contributed by atoms with Gasteiger partial charge in [0.15, 0.2) is 0 Å². The van der Waals surface area contributed by atoms with Gasteiger partial charge in [0.25, 0.3) is 0 Å². The Morgan fingerprint density at radius 3 is 2.35 bits per heavy atom. The molecule has 1 saturated heterocycles. The van der Waals surface area contributed by atoms with E-state index in [0.717, 1.165) is 23.1 Å². The molecule has 0 bridgehead atoms. The van der Waals surface area contributed by atoms with Gasteiger partial charge in [0, 0.05) is 6.04 Å². The highest BCUT2D eigenvalue weighted by Gasteiger charge is 2.39. The quantitative estimate of drug-likeness (QED) is 0.802. The monoisotopic (exact) mass is 317 g/mol. The number of nitrogens with zero attached hydrogens (tertiary/aromatic N) is 1. The molecule has 0 radical (unpaired) electrons. The smallest absolute Gasteiger partial charge is 0.328 e. The molecule has 0 spiro atoms. The second kappa shape index (κ2) is 7.16. The molecule has 1 aromatic carbocycles. The Bertz CT molecular complexity index is 586. The molecule has 4 heteroatoms. The summed E-state index contributed by atoms with van der Waals surface area (Å²) in [4.78, 5) is 26.7. The van der Waals surface area contributed by atoms with Crippen LogP contribution in [0.25, 0.3) is 0 Å². The molecule has 1 aliphatic rings. The van der Waals surface area contributed by atoms with Crippen LogP contribution in [0.2, 0.25) is 0 Å². The van der Waals surface area contributed by atoms with Crippen molar-refractivity contribution in [2.75, 3.05) is 6.61 Å². The largest absolute Gasteiger partial charge is 0.464 e. The fourth-order valence-electron chi connectivity index (χ4n) is 3.61. The minimum atomic E-state index is -0.427. The maximum Gasteiger partial charge on any atom is 0.328 e. The molecule has 23 heavy (non-hydrogen) atoms. The lowest BCUT2D eigenvalue weighted by Gasteiger charge is -2.28. The molecule has 1 amide bonds. The first-order valence-electron chi connectivity index (χ1n) is 8.39. The van der Waals surface area contributed by atoms with Gasteiger partial charge in [-0.25, -0.2) is 4.79 Å². The van der Waals surface area contributed by atoms with Gasteiger partial charge in [-0.3, -0.25) is 4.79 Å². The molecule has 0 saturated carbocycles. The van der Waals surface area contributed by atoms with Gasteiger partial charge in [-0.15, -0.1) is 0 Å². The summed E-state index contributed by atoms with van der Waals surface area (Å²) in [6, 6.07) is 3.86. The minimum Gasteiger partial charge on any atom is -0.464 e. The fourth-order valence-corrected chi connectivity index (χ4v) is 3.61. The molecule has 0 aromatic heterocycles. The maximum atomic E-state index is 12.9. The van der Waals surface area contributed by atoms with Gasteiger partial charge in [0.1, 0.15) is 6.04 Å². The molecule has 126 valence electrons. The van der Waals surface area contributed by atoms with E-state index < -0.39 is 6.04 Å². The third kappa shape index (κ3) is 3.74. The topological polar surface area (TPSA) is 46.6 Å². The predicted octanol–water partition coefficient (Wildman–Crippen LogP) is 3.10. The molecular formula is C19H27NO3. The van der Waals surface area contributed by atoms with Crippen LogP contribution >= 0.6 is 0 Å². The highest BCUT2D eigenvalue weighted by atomic mass is 16.5. The number of hydrogen-bond donors (Lipinski definition) is 0. The van der Waals surface area contributed by atoms with Crippen molar-refractivity contribution in [2.24, 2.45) is 0 Å². The summed E-state index contributed by atoms with van der Waals surface area (Å²) >= 11 is 0. The standard InChI is InChI=1S/C19H27NO3/c1-6-23-19(22)17-8-7-15(5)20(17)18(21)11-16-13(3)9-12(2)10-14(16)4/h9-10,15,17H,6-8,11H2,1-5H3. The second-order valence-electron chi connectivity index (χ2n) is 6.55. The number of carbonyl (C=O) groups is 2. The number of benzene rings is 1. The summed E-state index contributed by atoms with van der Waals surface area (Å²) in [6.45, 7) is 10.3. The predicted molar refractivity (Wildman–Crippen MR) is 90.3 cm³/mol. The van der Waals surface area contributed by atoms with Gasteiger partial charge in [0.2, 0.25) is 5.91 Å². The minimum absolute atomic E-state index is 0.0168. The molecule has 2 atom stereocenters. The van der Waals surface area contributed by atoms with Crippen LogP contribution < -0.4 is 0 Å². The Morgan fingerprint density at radius 2 is 1.78 bits per heavy atom. The van der Waals surface area contributed by atoms with Gasteiger partial charge in [0.05, 0.1) is 13.0 Å². The molecule has 1 aliphatic heterocycles. The number of ether oxygens (including phenoxy) is 1. The number of amides is 1. The zero-order valence-corrected chi connectivity index (χ0v) is 14.8. The molecule has 1 fully saturated rings. The van der Waals surface area contributed by atoms with E-state index in [-0.39, 0.29) is 17.9 Å². The van der Waals surface area contributed by atoms with E-state index in [1.54, 1.807) is 11.8 Å². The molecule has 0 aliphatic carbocycles. The van der Waals surface area contributed by atoms with Crippen molar-refractivity contribution in [2.45, 2.75) is 66.0 Å². The second-order valence-corrected chi connectivity index (χ2v) is 6.55. The van der Waals surface area contributed by atoms with E-state index in [4.69, 9.17) is 4.74 Å². The van der Waals surface area contributed by atoms with Crippen molar-refractivity contribution < 1.29 is 14.3 Å². The van der Waals surface area contributed by atoms with Crippen molar-refractivity contribution in [3.63, 3.8) is 0 Å². The van der Waals surface area contributed by atoms with Gasteiger partial charge in [-0.1, -0.05) is 17.7 Å². The zero-order valence-electron chi connectivity index (χ0n) is 14.8. The summed E-state index contributed by atoms with van der Waals surface area (Å²) in [5.74, 6) is -0.259. The van der Waals surface area contributed by atoms with Crippen molar-refractivity contribution >= 4 is 11.9 Å². The molecule has 4 nitrogen and oxygen atoms in total. The Kier molecular flexibility index (Phi) is 5.45. The third-order valence-electron chi connectivity index (χ3n) is 4.68. The average Bonchev–Trinajstić information content (AvgIpc) is 2.85. The molecule has 2 unspecified atom stereocenters. The first-order chi connectivity index (χ1) is 10.8. The van der Waals surface area contributed by atoms with Crippen LogP contribution in [-0.2, 0) is 20.7 Å². The van der Waals surface area contributed by atoms with Gasteiger partial charge >= 0.3 is 5.97 Å². The maximum absolute atomic E-state index is 12.9. The van der Waals surface area contributed by atoms with Crippen LogP contribution in [-0.4, -0.2) is 35.5 Å². The molecule has 0 N–H and O–H groups in total. The number of hydrogen-bond acceptors (Lipinski definition) is 3. The number of esters is 1. The van der Waals surface area contributed by atoms with Crippen molar-refractivity contribution in [1.82, 2.24) is 4.90 Å². The molecule has 1 heterocycles. The molecule has 1 aromatic rings. The molecule has 2 rings (SSSR count). The lowest BCUT2D eigenvalue weighted by atomic mass is 9.96. The Labute approximate surface area is 138 Å². The number of likely N-dealkylation sites (tertiary alicyclic amines) is 1. The summed E-state index contributed by atoms with van der Waals surface area (Å²) in [5, 5.41) is 0. The van der Waals surface area contributed by atoms with Crippen LogP contribution in [0, 0.1) is 20.8 Å². The summed E-state index contributed by atoms with van der Waals surface area (Å²) in [5.41, 5.74) is 4.54. The SMILES string of the molecule is CCOC(=O)C1CCC(C)N1C(=O)Cc1c(C)cc(C)cc1C. The first kappa shape index (κ1) is 17.5. The summed E-state index contributed by atoms with van der Waals surface area (Å²) < 4.78 is 5.14. The van der Waals surface area contributed by atoms with Crippen molar-refractivity contribution in [3.05, 3.63) is 34.4 Å². The van der Waals surface area contributed by atoms with Gasteiger partial charge < -0.3 is 9.64 Å². The van der Waals surface area contributed by atoms with E-state index >= 15 is 0 Å². The number of rotatable bonds is 4. The van der Waals surface area contributed by atoms with E-state index in [0.29, 0.717) is 19.4 Å². The number of aryl methyl sites for hydroxylation is 3. The lowest BCUT2D eigenvalue weighted by molar-refractivity contribution is -0.153. The van der Waals surface area contributed by atoms with Crippen LogP contribution in [0.3, 0.4) is 0 Å². The summed E-state index contributed by atoms with van der Waals surface area (Å²) in [6.07, 6.45) is 1.89. The van der Waals surface area contributed by atoms with E-state index in [9.17, 15) is 9.59 Å². The fraction of sp³-hybridized carbons (Fsp3) is 0.579. The Hall–Kier alpha value is -1.84. The van der Waals surface area contributed by atoms with E-state index in [2.05, 4.69) is 19.1 Å². The van der Waals surface area contributed by atoms with E-state index in [1.165, 1.54) is 5.56 Å². The van der Waals surface area contributed by atoms with E-state index in [1.807, 2.05) is 20.8 Å². The average molecular weight is 317 g/mol. The third-order valence-corrected chi connectivity index (χ3v) is 4.68. The molecular weight excluding hydrogens is 290 g/mol. The van der Waals surface area contributed by atoms with Gasteiger partial charge in [-0.2, -0.15) is 0 Å². The van der Waals surface area contributed by atoms with Crippen LogP contribution in [0.15, 0.2) is 12.1 Å². The van der Waals surface area contributed by atoms with Crippen LogP contribution in [0.5, 0.6) is 0 Å². The van der Waals surface area contributed by atoms with Crippen molar-refractivity contribution in [1.29, 1.82) is 0 Å². The highest BCUT2D eigenvalue weighted by Crippen LogP contribution is 2.27.